The highest BCUT2D eigenvalue weighted by Crippen LogP contribution is 2.40. The highest BCUT2D eigenvalue weighted by atomic mass is 16.2. The van der Waals surface area contributed by atoms with Crippen LogP contribution >= 0.6 is 0 Å². The van der Waals surface area contributed by atoms with E-state index in [1.54, 1.807) is 0 Å². The Balaban J connectivity index is 1.35. The minimum atomic E-state index is 0.390. The number of benzene rings is 1. The maximum Gasteiger partial charge on any atom is 0.222 e. The van der Waals surface area contributed by atoms with Crippen molar-refractivity contribution in [2.75, 3.05) is 39.3 Å². The van der Waals surface area contributed by atoms with Crippen LogP contribution in [0.15, 0.2) is 30.3 Å². The third kappa shape index (κ3) is 6.10. The first-order chi connectivity index (χ1) is 15.0. The molecule has 1 spiro atoms. The average molecular weight is 426 g/mol. The lowest BCUT2D eigenvalue weighted by molar-refractivity contribution is -0.130. The van der Waals surface area contributed by atoms with Crippen molar-refractivity contribution < 1.29 is 4.79 Å². The minimum Gasteiger partial charge on any atom is -0.343 e. The molecule has 3 aliphatic rings. The Labute approximate surface area is 190 Å². The van der Waals surface area contributed by atoms with Crippen molar-refractivity contribution in [1.82, 2.24) is 14.7 Å². The summed E-state index contributed by atoms with van der Waals surface area (Å²) in [6.07, 6.45) is 9.48. The molecule has 0 saturated carbocycles. The van der Waals surface area contributed by atoms with E-state index in [2.05, 4.69) is 58.9 Å². The molecule has 0 unspecified atom stereocenters. The van der Waals surface area contributed by atoms with Crippen molar-refractivity contribution in [3.63, 3.8) is 0 Å². The number of rotatable bonds is 6. The molecule has 3 heterocycles. The summed E-state index contributed by atoms with van der Waals surface area (Å²) in [5, 5.41) is 0. The predicted molar refractivity (Wildman–Crippen MR) is 128 cm³/mol. The molecule has 0 N–H and O–H groups in total. The highest BCUT2D eigenvalue weighted by Gasteiger charge is 2.41. The second-order valence-corrected chi connectivity index (χ2v) is 10.9. The Morgan fingerprint density at radius 3 is 2.55 bits per heavy atom. The van der Waals surface area contributed by atoms with Crippen LogP contribution in [-0.2, 0) is 11.3 Å². The van der Waals surface area contributed by atoms with Crippen LogP contribution in [-0.4, -0.2) is 65.9 Å². The Hall–Kier alpha value is -1.39. The second-order valence-electron chi connectivity index (χ2n) is 10.9. The first-order valence-electron chi connectivity index (χ1n) is 12.8. The van der Waals surface area contributed by atoms with Crippen LogP contribution in [0.1, 0.15) is 70.8 Å². The predicted octanol–water partition coefficient (Wildman–Crippen LogP) is 4.79. The zero-order valence-corrected chi connectivity index (χ0v) is 19.9. The normalized spacial score (nSPS) is 28.9. The second kappa shape index (κ2) is 10.5. The molecular formula is C27H43N3O. The third-order valence-corrected chi connectivity index (χ3v) is 7.95. The van der Waals surface area contributed by atoms with Crippen molar-refractivity contribution >= 4 is 5.91 Å². The van der Waals surface area contributed by atoms with Crippen molar-refractivity contribution in [2.45, 2.75) is 77.8 Å². The maximum atomic E-state index is 12.7. The lowest BCUT2D eigenvalue weighted by Crippen LogP contribution is -2.54. The van der Waals surface area contributed by atoms with Gasteiger partial charge in [-0.05, 0) is 74.9 Å². The molecule has 3 aliphatic heterocycles. The van der Waals surface area contributed by atoms with Crippen molar-refractivity contribution in [2.24, 2.45) is 11.3 Å². The van der Waals surface area contributed by atoms with Crippen molar-refractivity contribution in [3.05, 3.63) is 35.9 Å². The van der Waals surface area contributed by atoms with Gasteiger partial charge in [0.2, 0.25) is 5.91 Å². The van der Waals surface area contributed by atoms with Crippen LogP contribution in [0.3, 0.4) is 0 Å². The number of hydrogen-bond acceptors (Lipinski definition) is 3. The molecule has 2 atom stereocenters. The Morgan fingerprint density at radius 1 is 1.00 bits per heavy atom. The summed E-state index contributed by atoms with van der Waals surface area (Å²) in [5.74, 6) is 1.06. The molecule has 0 aromatic heterocycles. The molecule has 1 aromatic carbocycles. The molecule has 1 amide bonds. The Kier molecular flexibility index (Phi) is 7.71. The molecule has 1 aromatic rings. The van der Waals surface area contributed by atoms with Gasteiger partial charge in [-0.3, -0.25) is 14.6 Å². The number of amides is 1. The van der Waals surface area contributed by atoms with E-state index in [9.17, 15) is 4.79 Å². The molecule has 4 heteroatoms. The topological polar surface area (TPSA) is 26.8 Å². The van der Waals surface area contributed by atoms with E-state index in [0.29, 0.717) is 23.3 Å². The fourth-order valence-corrected chi connectivity index (χ4v) is 6.22. The van der Waals surface area contributed by atoms with Crippen LogP contribution in [0, 0.1) is 11.3 Å². The van der Waals surface area contributed by atoms with Crippen LogP contribution in [0.5, 0.6) is 0 Å². The molecule has 3 saturated heterocycles. The quantitative estimate of drug-likeness (QED) is 0.655. The molecule has 3 fully saturated rings. The van der Waals surface area contributed by atoms with E-state index >= 15 is 0 Å². The smallest absolute Gasteiger partial charge is 0.222 e. The molecule has 31 heavy (non-hydrogen) atoms. The summed E-state index contributed by atoms with van der Waals surface area (Å²) in [6.45, 7) is 12.4. The van der Waals surface area contributed by atoms with Gasteiger partial charge < -0.3 is 4.90 Å². The first-order valence-corrected chi connectivity index (χ1v) is 12.8. The van der Waals surface area contributed by atoms with Gasteiger partial charge in [0.1, 0.15) is 0 Å². The van der Waals surface area contributed by atoms with Crippen LogP contribution in [0.2, 0.25) is 0 Å². The summed E-state index contributed by atoms with van der Waals surface area (Å²) in [4.78, 5) is 20.3. The van der Waals surface area contributed by atoms with E-state index in [1.165, 1.54) is 57.4 Å². The summed E-state index contributed by atoms with van der Waals surface area (Å²) in [5.41, 5.74) is 1.90. The lowest BCUT2D eigenvalue weighted by atomic mass is 9.73. The summed E-state index contributed by atoms with van der Waals surface area (Å²) >= 11 is 0. The van der Waals surface area contributed by atoms with Crippen molar-refractivity contribution in [3.8, 4) is 0 Å². The van der Waals surface area contributed by atoms with E-state index in [1.807, 2.05) is 0 Å². The standard InChI is InChI=1S/C27H43N3O/c1-23(2)12-18-29-19-13-25(10-11-26(29)31)30-17-7-15-27(22-30)14-6-16-28(21-27)20-24-8-4-3-5-9-24/h3-5,8-9,23,25H,6-7,10-22H2,1-2H3/t25-,27-/m1/s1. The summed E-state index contributed by atoms with van der Waals surface area (Å²) in [6, 6.07) is 11.6. The van der Waals surface area contributed by atoms with Gasteiger partial charge in [0.25, 0.3) is 0 Å². The van der Waals surface area contributed by atoms with Crippen LogP contribution in [0.25, 0.3) is 0 Å². The molecule has 4 nitrogen and oxygen atoms in total. The SMILES string of the molecule is CC(C)CCN1CC[C@H](N2CCC[C@@]3(CCCN(Cc4ccccc4)C3)C2)CCC1=O. The van der Waals surface area contributed by atoms with Gasteiger partial charge in [-0.2, -0.15) is 0 Å². The van der Waals surface area contributed by atoms with E-state index in [-0.39, 0.29) is 0 Å². The van der Waals surface area contributed by atoms with Crippen LogP contribution < -0.4 is 0 Å². The number of piperidine rings is 2. The Morgan fingerprint density at radius 2 is 1.77 bits per heavy atom. The molecule has 4 rings (SSSR count). The van der Waals surface area contributed by atoms with E-state index in [0.717, 1.165) is 45.3 Å². The van der Waals surface area contributed by atoms with Gasteiger partial charge in [0.15, 0.2) is 0 Å². The zero-order chi connectivity index (χ0) is 21.7. The molecule has 172 valence electrons. The van der Waals surface area contributed by atoms with Gasteiger partial charge >= 0.3 is 0 Å². The van der Waals surface area contributed by atoms with Gasteiger partial charge in [0, 0.05) is 45.2 Å². The van der Waals surface area contributed by atoms with Gasteiger partial charge in [-0.1, -0.05) is 44.2 Å². The first kappa shape index (κ1) is 22.8. The average Bonchev–Trinajstić information content (AvgIpc) is 2.94. The molecule has 0 aliphatic carbocycles. The molecule has 0 bridgehead atoms. The monoisotopic (exact) mass is 425 g/mol. The zero-order valence-electron chi connectivity index (χ0n) is 19.9. The van der Waals surface area contributed by atoms with Gasteiger partial charge in [-0.25, -0.2) is 0 Å². The van der Waals surface area contributed by atoms with Gasteiger partial charge in [0.05, 0.1) is 0 Å². The minimum absolute atomic E-state index is 0.390. The number of hydrogen-bond donors (Lipinski definition) is 0. The highest BCUT2D eigenvalue weighted by molar-refractivity contribution is 5.76. The van der Waals surface area contributed by atoms with E-state index < -0.39 is 0 Å². The number of likely N-dealkylation sites (tertiary alicyclic amines) is 3. The number of nitrogens with zero attached hydrogens (tertiary/aromatic N) is 3. The summed E-state index contributed by atoms with van der Waals surface area (Å²) in [7, 11) is 0. The lowest BCUT2D eigenvalue weighted by Gasteiger charge is -2.50. The van der Waals surface area contributed by atoms with Gasteiger partial charge in [-0.15, -0.1) is 0 Å². The summed E-state index contributed by atoms with van der Waals surface area (Å²) < 4.78 is 0. The Bertz CT molecular complexity index is 702. The van der Waals surface area contributed by atoms with E-state index in [4.69, 9.17) is 0 Å². The number of carbonyl (C=O) groups excluding carboxylic acids is 1. The molecule has 0 radical (unpaired) electrons. The fraction of sp³-hybridized carbons (Fsp3) is 0.741. The number of carbonyl (C=O) groups is 1. The fourth-order valence-electron chi connectivity index (χ4n) is 6.22. The third-order valence-electron chi connectivity index (χ3n) is 7.95. The molecular weight excluding hydrogens is 382 g/mol. The largest absolute Gasteiger partial charge is 0.343 e. The maximum absolute atomic E-state index is 12.7. The van der Waals surface area contributed by atoms with Crippen LogP contribution in [0.4, 0.5) is 0 Å². The van der Waals surface area contributed by atoms with Crippen molar-refractivity contribution in [1.29, 1.82) is 0 Å².